The second-order valence-electron chi connectivity index (χ2n) is 3.94. The first-order valence-corrected chi connectivity index (χ1v) is 5.82. The fraction of sp³-hybridized carbons (Fsp3) is 0.500. The summed E-state index contributed by atoms with van der Waals surface area (Å²) in [5, 5.41) is 14.0. The fourth-order valence-corrected chi connectivity index (χ4v) is 1.58. The van der Waals surface area contributed by atoms with Crippen molar-refractivity contribution in [2.24, 2.45) is 0 Å². The first-order chi connectivity index (χ1) is 8.58. The van der Waals surface area contributed by atoms with Crippen LogP contribution in [0.5, 0.6) is 0 Å². The van der Waals surface area contributed by atoms with Crippen LogP contribution in [0.1, 0.15) is 6.92 Å². The predicted octanol–water partition coefficient (Wildman–Crippen LogP) is 2.11. The number of nitrogens with zero attached hydrogens (tertiary/aromatic N) is 2. The van der Waals surface area contributed by atoms with E-state index in [1.54, 1.807) is 13.2 Å². The van der Waals surface area contributed by atoms with Gasteiger partial charge in [0.05, 0.1) is 11.5 Å². The Balaban J connectivity index is 2.98. The van der Waals surface area contributed by atoms with E-state index in [1.165, 1.54) is 6.07 Å². The maximum Gasteiger partial charge on any atom is 0.273 e. The Kier molecular flexibility index (Phi) is 5.38. The van der Waals surface area contributed by atoms with Gasteiger partial charge in [-0.25, -0.2) is 0 Å². The van der Waals surface area contributed by atoms with Gasteiger partial charge in [0.25, 0.3) is 5.69 Å². The Morgan fingerprint density at radius 3 is 2.72 bits per heavy atom. The third-order valence-electron chi connectivity index (χ3n) is 2.57. The number of anilines is 2. The summed E-state index contributed by atoms with van der Waals surface area (Å²) in [5.41, 5.74) is 1.65. The summed E-state index contributed by atoms with van der Waals surface area (Å²) >= 11 is 0. The highest BCUT2D eigenvalue weighted by molar-refractivity contribution is 5.64. The molecule has 0 saturated carbocycles. The van der Waals surface area contributed by atoms with Crippen molar-refractivity contribution in [3.8, 4) is 0 Å². The van der Waals surface area contributed by atoms with Crippen LogP contribution >= 0.6 is 0 Å². The lowest BCUT2D eigenvalue weighted by Gasteiger charge is -2.19. The third-order valence-corrected chi connectivity index (χ3v) is 2.57. The van der Waals surface area contributed by atoms with Gasteiger partial charge >= 0.3 is 0 Å². The van der Waals surface area contributed by atoms with E-state index in [0.29, 0.717) is 13.2 Å². The van der Waals surface area contributed by atoms with Crippen molar-refractivity contribution in [2.75, 3.05) is 44.1 Å². The molecule has 1 rings (SSSR count). The molecule has 0 unspecified atom stereocenters. The molecule has 0 aliphatic carbocycles. The number of hydrogen-bond acceptors (Lipinski definition) is 5. The number of nitro benzene ring substituents is 1. The number of nitro groups is 1. The van der Waals surface area contributed by atoms with Crippen LogP contribution in [-0.2, 0) is 4.74 Å². The molecule has 0 bridgehead atoms. The smallest absolute Gasteiger partial charge is 0.273 e. The third kappa shape index (κ3) is 3.89. The maximum absolute atomic E-state index is 10.9. The van der Waals surface area contributed by atoms with Crippen molar-refractivity contribution in [3.05, 3.63) is 28.3 Å². The average Bonchev–Trinajstić information content (AvgIpc) is 2.35. The van der Waals surface area contributed by atoms with E-state index in [4.69, 9.17) is 4.74 Å². The number of ether oxygens (including phenoxy) is 1. The van der Waals surface area contributed by atoms with Crippen LogP contribution in [-0.4, -0.2) is 38.8 Å². The van der Waals surface area contributed by atoms with Gasteiger partial charge in [-0.15, -0.1) is 0 Å². The first-order valence-electron chi connectivity index (χ1n) is 5.82. The molecule has 0 atom stereocenters. The first kappa shape index (κ1) is 14.2. The van der Waals surface area contributed by atoms with E-state index in [9.17, 15) is 10.1 Å². The van der Waals surface area contributed by atoms with Gasteiger partial charge in [-0.05, 0) is 13.0 Å². The van der Waals surface area contributed by atoms with Crippen LogP contribution in [0.2, 0.25) is 0 Å². The van der Waals surface area contributed by atoms with E-state index >= 15 is 0 Å². The van der Waals surface area contributed by atoms with Crippen LogP contribution in [0.15, 0.2) is 18.2 Å². The highest BCUT2D eigenvalue weighted by Crippen LogP contribution is 2.26. The molecule has 0 spiro atoms. The molecule has 0 saturated heterocycles. The molecule has 0 heterocycles. The minimum Gasteiger partial charge on any atom is -0.385 e. The SMILES string of the molecule is CCNc1cc(N(C)CCOC)cc([N+](=O)[O-])c1. The number of benzene rings is 1. The minimum atomic E-state index is -0.380. The summed E-state index contributed by atoms with van der Waals surface area (Å²) in [4.78, 5) is 12.4. The normalized spacial score (nSPS) is 10.2. The quantitative estimate of drug-likeness (QED) is 0.595. The molecule has 6 nitrogen and oxygen atoms in total. The van der Waals surface area contributed by atoms with Crippen LogP contribution in [0.4, 0.5) is 17.1 Å². The van der Waals surface area contributed by atoms with Gasteiger partial charge in [0.15, 0.2) is 0 Å². The molecule has 1 N–H and O–H groups in total. The zero-order valence-electron chi connectivity index (χ0n) is 11.0. The zero-order valence-corrected chi connectivity index (χ0v) is 11.0. The lowest BCUT2D eigenvalue weighted by Crippen LogP contribution is -2.22. The molecule has 0 aliphatic heterocycles. The second-order valence-corrected chi connectivity index (χ2v) is 3.94. The molecule has 6 heteroatoms. The van der Waals surface area contributed by atoms with Crippen molar-refractivity contribution in [2.45, 2.75) is 6.92 Å². The highest BCUT2D eigenvalue weighted by atomic mass is 16.6. The monoisotopic (exact) mass is 253 g/mol. The molecule has 18 heavy (non-hydrogen) atoms. The molecular weight excluding hydrogens is 234 g/mol. The number of likely N-dealkylation sites (N-methyl/N-ethyl adjacent to an activating group) is 1. The lowest BCUT2D eigenvalue weighted by atomic mass is 10.2. The van der Waals surface area contributed by atoms with Crippen LogP contribution in [0.25, 0.3) is 0 Å². The summed E-state index contributed by atoms with van der Waals surface area (Å²) in [6.07, 6.45) is 0. The molecule has 100 valence electrons. The topological polar surface area (TPSA) is 67.6 Å². The van der Waals surface area contributed by atoms with Gasteiger partial charge in [-0.1, -0.05) is 0 Å². The zero-order chi connectivity index (χ0) is 13.5. The molecule has 0 amide bonds. The van der Waals surface area contributed by atoms with Crippen LogP contribution in [0.3, 0.4) is 0 Å². The fourth-order valence-electron chi connectivity index (χ4n) is 1.58. The maximum atomic E-state index is 10.9. The molecular formula is C12H19N3O3. The summed E-state index contributed by atoms with van der Waals surface area (Å²) in [7, 11) is 3.51. The van der Waals surface area contributed by atoms with Crippen molar-refractivity contribution < 1.29 is 9.66 Å². The van der Waals surface area contributed by atoms with Gasteiger partial charge in [-0.2, -0.15) is 0 Å². The number of methoxy groups -OCH3 is 1. The Bertz CT molecular complexity index is 410. The van der Waals surface area contributed by atoms with Crippen molar-refractivity contribution >= 4 is 17.1 Å². The van der Waals surface area contributed by atoms with Crippen LogP contribution < -0.4 is 10.2 Å². The van der Waals surface area contributed by atoms with Gasteiger partial charge in [0.2, 0.25) is 0 Å². The van der Waals surface area contributed by atoms with Crippen molar-refractivity contribution in [3.63, 3.8) is 0 Å². The van der Waals surface area contributed by atoms with E-state index in [2.05, 4.69) is 5.32 Å². The Hall–Kier alpha value is -1.82. The number of non-ortho nitro benzene ring substituents is 1. The Morgan fingerprint density at radius 2 is 2.17 bits per heavy atom. The molecule has 0 aromatic heterocycles. The second kappa shape index (κ2) is 6.80. The van der Waals surface area contributed by atoms with Crippen LogP contribution in [0, 0.1) is 10.1 Å². The van der Waals surface area contributed by atoms with E-state index in [0.717, 1.165) is 17.9 Å². The van der Waals surface area contributed by atoms with Gasteiger partial charge in [0.1, 0.15) is 0 Å². The standard InChI is InChI=1S/C12H19N3O3/c1-4-13-10-7-11(14(2)5-6-18-3)9-12(8-10)15(16)17/h7-9,13H,4-6H2,1-3H3. The van der Waals surface area contributed by atoms with Gasteiger partial charge in [0, 0.05) is 50.8 Å². The molecule has 1 aromatic carbocycles. The summed E-state index contributed by atoms with van der Waals surface area (Å²) in [6, 6.07) is 5.00. The Morgan fingerprint density at radius 1 is 1.44 bits per heavy atom. The van der Waals surface area contributed by atoms with Crippen molar-refractivity contribution in [1.82, 2.24) is 0 Å². The van der Waals surface area contributed by atoms with E-state index in [1.807, 2.05) is 24.9 Å². The molecule has 1 aromatic rings. The van der Waals surface area contributed by atoms with Gasteiger partial charge < -0.3 is 15.0 Å². The largest absolute Gasteiger partial charge is 0.385 e. The molecule has 0 aliphatic rings. The predicted molar refractivity (Wildman–Crippen MR) is 72.4 cm³/mol. The van der Waals surface area contributed by atoms with Gasteiger partial charge in [-0.3, -0.25) is 10.1 Å². The minimum absolute atomic E-state index is 0.0905. The Labute approximate surface area is 107 Å². The number of hydrogen-bond donors (Lipinski definition) is 1. The average molecular weight is 253 g/mol. The molecule has 0 fully saturated rings. The molecule has 0 radical (unpaired) electrons. The highest BCUT2D eigenvalue weighted by Gasteiger charge is 2.11. The number of nitrogens with one attached hydrogen (secondary N) is 1. The summed E-state index contributed by atoms with van der Waals surface area (Å²) in [6.45, 7) is 3.94. The van der Waals surface area contributed by atoms with Crippen molar-refractivity contribution in [1.29, 1.82) is 0 Å². The van der Waals surface area contributed by atoms with E-state index in [-0.39, 0.29) is 10.6 Å². The number of rotatable bonds is 7. The summed E-state index contributed by atoms with van der Waals surface area (Å²) in [5.74, 6) is 0. The lowest BCUT2D eigenvalue weighted by molar-refractivity contribution is -0.384. The summed E-state index contributed by atoms with van der Waals surface area (Å²) < 4.78 is 5.00. The van der Waals surface area contributed by atoms with E-state index < -0.39 is 0 Å².